The van der Waals surface area contributed by atoms with Crippen molar-refractivity contribution in [1.29, 1.82) is 0 Å². The van der Waals surface area contributed by atoms with Gasteiger partial charge < -0.3 is 4.74 Å². The summed E-state index contributed by atoms with van der Waals surface area (Å²) >= 11 is 5.95. The highest BCUT2D eigenvalue weighted by Gasteiger charge is 2.08. The molecule has 6 heteroatoms. The first-order valence-corrected chi connectivity index (χ1v) is 8.02. The quantitative estimate of drug-likeness (QED) is 0.911. The Morgan fingerprint density at radius 1 is 1.14 bits per heavy atom. The summed E-state index contributed by atoms with van der Waals surface area (Å²) in [5.41, 5.74) is 1.18. The molecule has 0 amide bonds. The van der Waals surface area contributed by atoms with Crippen molar-refractivity contribution in [3.63, 3.8) is 0 Å². The highest BCUT2D eigenvalue weighted by Crippen LogP contribution is 2.27. The lowest BCUT2D eigenvalue weighted by Gasteiger charge is -2.07. The third-order valence-electron chi connectivity index (χ3n) is 2.65. The Labute approximate surface area is 129 Å². The average Bonchev–Trinajstić information content (AvgIpc) is 2.46. The number of rotatable bonds is 5. The average molecular weight is 324 g/mol. The van der Waals surface area contributed by atoms with Crippen LogP contribution < -0.4 is 9.46 Å². The van der Waals surface area contributed by atoms with Crippen LogP contribution in [0.15, 0.2) is 53.9 Å². The molecule has 110 valence electrons. The van der Waals surface area contributed by atoms with Gasteiger partial charge in [-0.3, -0.25) is 4.72 Å². The monoisotopic (exact) mass is 323 g/mol. The zero-order chi connectivity index (χ0) is 15.3. The molecule has 0 unspecified atom stereocenters. The number of hydrogen-bond acceptors (Lipinski definition) is 3. The molecular formula is C15H14ClNO3S. The van der Waals surface area contributed by atoms with E-state index in [4.69, 9.17) is 16.3 Å². The Morgan fingerprint density at radius 2 is 1.86 bits per heavy atom. The highest BCUT2D eigenvalue weighted by atomic mass is 35.5. The van der Waals surface area contributed by atoms with Crippen molar-refractivity contribution in [2.24, 2.45) is 0 Å². The fraction of sp³-hybridized carbons (Fsp3) is 0.0667. The fourth-order valence-corrected chi connectivity index (χ4v) is 2.78. The number of benzene rings is 2. The van der Waals surface area contributed by atoms with E-state index in [0.29, 0.717) is 16.5 Å². The Bertz CT molecular complexity index is 743. The highest BCUT2D eigenvalue weighted by molar-refractivity contribution is 7.95. The topological polar surface area (TPSA) is 55.4 Å². The molecule has 0 bridgehead atoms. The SMILES string of the molecule is COc1ccc(NS(=O)(=O)/C=C/c2ccccc2)cc1Cl. The lowest BCUT2D eigenvalue weighted by atomic mass is 10.2. The van der Waals surface area contributed by atoms with E-state index in [0.717, 1.165) is 11.0 Å². The van der Waals surface area contributed by atoms with E-state index < -0.39 is 10.0 Å². The number of hydrogen-bond donors (Lipinski definition) is 1. The zero-order valence-electron chi connectivity index (χ0n) is 11.3. The van der Waals surface area contributed by atoms with Crippen LogP contribution in [-0.2, 0) is 10.0 Å². The molecule has 2 rings (SSSR count). The summed E-state index contributed by atoms with van der Waals surface area (Å²) in [6.45, 7) is 0. The van der Waals surface area contributed by atoms with E-state index >= 15 is 0 Å². The van der Waals surface area contributed by atoms with Crippen molar-refractivity contribution in [3.8, 4) is 5.75 Å². The van der Waals surface area contributed by atoms with Gasteiger partial charge in [-0.25, -0.2) is 8.42 Å². The first kappa shape index (κ1) is 15.4. The maximum Gasteiger partial charge on any atom is 0.255 e. The molecule has 0 aromatic heterocycles. The van der Waals surface area contributed by atoms with E-state index in [2.05, 4.69) is 4.72 Å². The van der Waals surface area contributed by atoms with Crippen LogP contribution in [-0.4, -0.2) is 15.5 Å². The summed E-state index contributed by atoms with van der Waals surface area (Å²) in [5, 5.41) is 1.45. The largest absolute Gasteiger partial charge is 0.495 e. The second kappa shape index (κ2) is 6.65. The summed E-state index contributed by atoms with van der Waals surface area (Å²) in [5.74, 6) is 0.486. The molecule has 0 saturated carbocycles. The van der Waals surface area contributed by atoms with Crippen LogP contribution >= 0.6 is 11.6 Å². The number of nitrogens with one attached hydrogen (secondary N) is 1. The van der Waals surface area contributed by atoms with Crippen LogP contribution in [0.25, 0.3) is 6.08 Å². The second-order valence-electron chi connectivity index (χ2n) is 4.21. The third-order valence-corrected chi connectivity index (χ3v) is 3.96. The van der Waals surface area contributed by atoms with Gasteiger partial charge in [-0.05, 0) is 29.8 Å². The minimum Gasteiger partial charge on any atom is -0.495 e. The van der Waals surface area contributed by atoms with Crippen LogP contribution in [0.5, 0.6) is 5.75 Å². The van der Waals surface area contributed by atoms with Gasteiger partial charge >= 0.3 is 0 Å². The molecule has 0 aliphatic rings. The molecule has 4 nitrogen and oxygen atoms in total. The van der Waals surface area contributed by atoms with Crippen molar-refractivity contribution in [3.05, 3.63) is 64.5 Å². The molecule has 0 aliphatic heterocycles. The van der Waals surface area contributed by atoms with Crippen LogP contribution in [0.3, 0.4) is 0 Å². The number of halogens is 1. The Morgan fingerprint density at radius 3 is 2.48 bits per heavy atom. The van der Waals surface area contributed by atoms with Gasteiger partial charge in [0.15, 0.2) is 0 Å². The number of sulfonamides is 1. The van der Waals surface area contributed by atoms with Crippen LogP contribution in [0.4, 0.5) is 5.69 Å². The van der Waals surface area contributed by atoms with Crippen LogP contribution in [0.1, 0.15) is 5.56 Å². The smallest absolute Gasteiger partial charge is 0.255 e. The predicted molar refractivity (Wildman–Crippen MR) is 86.0 cm³/mol. The molecule has 0 fully saturated rings. The van der Waals surface area contributed by atoms with E-state index in [9.17, 15) is 8.42 Å². The van der Waals surface area contributed by atoms with Gasteiger partial charge in [-0.2, -0.15) is 0 Å². The minimum absolute atomic E-state index is 0.338. The predicted octanol–water partition coefficient (Wildman–Crippen LogP) is 3.76. The maximum atomic E-state index is 12.0. The van der Waals surface area contributed by atoms with Gasteiger partial charge in [0.05, 0.1) is 23.2 Å². The maximum absolute atomic E-state index is 12.0. The standard InChI is InChI=1S/C15H14ClNO3S/c1-20-15-8-7-13(11-14(15)16)17-21(18,19)10-9-12-5-3-2-4-6-12/h2-11,17H,1H3/b10-9+. The lowest BCUT2D eigenvalue weighted by molar-refractivity contribution is 0.415. The Kier molecular flexibility index (Phi) is 4.88. The number of methoxy groups -OCH3 is 1. The molecule has 0 aliphatic carbocycles. The summed E-state index contributed by atoms with van der Waals surface area (Å²) < 4.78 is 31.4. The Hall–Kier alpha value is -1.98. The third kappa shape index (κ3) is 4.51. The normalized spacial score (nSPS) is 11.5. The molecule has 0 heterocycles. The van der Waals surface area contributed by atoms with E-state index in [1.54, 1.807) is 12.1 Å². The lowest BCUT2D eigenvalue weighted by Crippen LogP contribution is -2.08. The Balaban J connectivity index is 2.14. The zero-order valence-corrected chi connectivity index (χ0v) is 12.9. The van der Waals surface area contributed by atoms with Crippen LogP contribution in [0.2, 0.25) is 5.02 Å². The second-order valence-corrected chi connectivity index (χ2v) is 6.18. The van der Waals surface area contributed by atoms with Gasteiger partial charge in [0.2, 0.25) is 0 Å². The first-order chi connectivity index (χ1) is 10.00. The van der Waals surface area contributed by atoms with E-state index in [1.165, 1.54) is 19.3 Å². The number of ether oxygens (including phenoxy) is 1. The van der Waals surface area contributed by atoms with Crippen LogP contribution in [0, 0.1) is 0 Å². The molecule has 2 aromatic carbocycles. The van der Waals surface area contributed by atoms with Gasteiger partial charge in [0.25, 0.3) is 10.0 Å². The van der Waals surface area contributed by atoms with Gasteiger partial charge in [-0.1, -0.05) is 41.9 Å². The van der Waals surface area contributed by atoms with E-state index in [-0.39, 0.29) is 0 Å². The summed E-state index contributed by atoms with van der Waals surface area (Å²) in [4.78, 5) is 0. The van der Waals surface area contributed by atoms with Gasteiger partial charge in [0.1, 0.15) is 5.75 Å². The van der Waals surface area contributed by atoms with Crippen molar-refractivity contribution in [2.45, 2.75) is 0 Å². The minimum atomic E-state index is -3.60. The molecule has 0 saturated heterocycles. The molecule has 1 N–H and O–H groups in total. The molecule has 21 heavy (non-hydrogen) atoms. The summed E-state index contributed by atoms with van der Waals surface area (Å²) in [6, 6.07) is 13.8. The van der Waals surface area contributed by atoms with Gasteiger partial charge in [-0.15, -0.1) is 0 Å². The van der Waals surface area contributed by atoms with Crippen molar-refractivity contribution in [1.82, 2.24) is 0 Å². The van der Waals surface area contributed by atoms with E-state index in [1.807, 2.05) is 30.3 Å². The fourth-order valence-electron chi connectivity index (χ4n) is 1.66. The number of anilines is 1. The molecule has 0 radical (unpaired) electrons. The molecular weight excluding hydrogens is 310 g/mol. The molecule has 0 spiro atoms. The molecule has 0 atom stereocenters. The van der Waals surface area contributed by atoms with Crippen molar-refractivity contribution >= 4 is 33.4 Å². The summed E-state index contributed by atoms with van der Waals surface area (Å²) in [7, 11) is -2.11. The van der Waals surface area contributed by atoms with Gasteiger partial charge in [0, 0.05) is 0 Å². The summed E-state index contributed by atoms with van der Waals surface area (Å²) in [6.07, 6.45) is 1.52. The van der Waals surface area contributed by atoms with Crippen molar-refractivity contribution < 1.29 is 13.2 Å². The van der Waals surface area contributed by atoms with Crippen molar-refractivity contribution in [2.75, 3.05) is 11.8 Å². The molecule has 2 aromatic rings. The first-order valence-electron chi connectivity index (χ1n) is 6.10.